The Labute approximate surface area is 213 Å². The summed E-state index contributed by atoms with van der Waals surface area (Å²) < 4.78 is 13.4. The lowest BCUT2D eigenvalue weighted by Crippen LogP contribution is -2.57. The summed E-state index contributed by atoms with van der Waals surface area (Å²) in [5.74, 6) is -0.994. The van der Waals surface area contributed by atoms with Gasteiger partial charge in [-0.1, -0.05) is 60.5 Å². The van der Waals surface area contributed by atoms with Crippen LogP contribution in [0.3, 0.4) is 0 Å². The van der Waals surface area contributed by atoms with Gasteiger partial charge in [0.2, 0.25) is 0 Å². The van der Waals surface area contributed by atoms with Crippen molar-refractivity contribution in [3.63, 3.8) is 0 Å². The number of rotatable bonds is 6. The molecular formula is C29H51FN2O3. The van der Waals surface area contributed by atoms with Crippen molar-refractivity contribution in [3.8, 4) is 0 Å². The molecule has 0 spiro atoms. The van der Waals surface area contributed by atoms with Crippen LogP contribution in [0, 0.1) is 17.2 Å². The fourth-order valence-electron chi connectivity index (χ4n) is 4.62. The van der Waals surface area contributed by atoms with E-state index in [1.54, 1.807) is 12.1 Å². The minimum atomic E-state index is -1.10. The van der Waals surface area contributed by atoms with Crippen molar-refractivity contribution in [2.45, 2.75) is 118 Å². The number of hydrogen-bond donors (Lipinski definition) is 3. The van der Waals surface area contributed by atoms with Gasteiger partial charge in [0.15, 0.2) is 0 Å². The van der Waals surface area contributed by atoms with E-state index in [1.807, 2.05) is 54.5 Å². The van der Waals surface area contributed by atoms with Crippen molar-refractivity contribution < 1.29 is 19.4 Å². The number of piperidine rings is 1. The Morgan fingerprint density at radius 1 is 1.11 bits per heavy atom. The molecule has 1 aliphatic heterocycles. The molecule has 0 aromatic heterocycles. The molecule has 1 saturated heterocycles. The highest BCUT2D eigenvalue weighted by molar-refractivity contribution is 5.79. The van der Waals surface area contributed by atoms with E-state index in [0.717, 1.165) is 57.2 Å². The average molecular weight is 495 g/mol. The van der Waals surface area contributed by atoms with Gasteiger partial charge in [-0.25, -0.2) is 4.39 Å². The molecule has 3 rings (SSSR count). The predicted octanol–water partition coefficient (Wildman–Crippen LogP) is 6.33. The van der Waals surface area contributed by atoms with E-state index >= 15 is 0 Å². The lowest BCUT2D eigenvalue weighted by Gasteiger charge is -2.42. The Morgan fingerprint density at radius 2 is 1.66 bits per heavy atom. The zero-order valence-corrected chi connectivity index (χ0v) is 23.5. The second-order valence-electron chi connectivity index (χ2n) is 11.5. The number of unbranched alkanes of at least 4 members (excludes halogenated alkanes) is 1. The fraction of sp³-hybridized carbons (Fsp3) is 0.759. The van der Waals surface area contributed by atoms with E-state index < -0.39 is 17.1 Å². The molecule has 0 amide bonds. The summed E-state index contributed by atoms with van der Waals surface area (Å²) in [7, 11) is 0. The van der Waals surface area contributed by atoms with Gasteiger partial charge in [0.1, 0.15) is 11.4 Å². The maximum Gasteiger partial charge on any atom is 0.323 e. The van der Waals surface area contributed by atoms with E-state index in [0.29, 0.717) is 12.5 Å². The monoisotopic (exact) mass is 494 g/mol. The van der Waals surface area contributed by atoms with Crippen LogP contribution in [0.5, 0.6) is 0 Å². The first kappa shape index (κ1) is 31.5. The summed E-state index contributed by atoms with van der Waals surface area (Å²) in [6.07, 6.45) is 5.94. The second kappa shape index (κ2) is 13.2. The Kier molecular flexibility index (Phi) is 11.9. The number of carbonyl (C=O) groups is 1. The molecular weight excluding hydrogens is 443 g/mol. The van der Waals surface area contributed by atoms with Gasteiger partial charge in [-0.2, -0.15) is 0 Å². The van der Waals surface area contributed by atoms with Crippen LogP contribution in [-0.2, 0) is 11.2 Å². The minimum Gasteiger partial charge on any atom is -0.480 e. The molecule has 2 unspecified atom stereocenters. The highest BCUT2D eigenvalue weighted by Gasteiger charge is 2.44. The first-order chi connectivity index (χ1) is 16.2. The molecule has 5 nitrogen and oxygen atoms in total. The van der Waals surface area contributed by atoms with Gasteiger partial charge in [0.05, 0.1) is 5.60 Å². The molecule has 1 aromatic carbocycles. The van der Waals surface area contributed by atoms with Gasteiger partial charge < -0.3 is 15.9 Å². The van der Waals surface area contributed by atoms with Crippen LogP contribution >= 0.6 is 0 Å². The molecule has 0 saturated carbocycles. The van der Waals surface area contributed by atoms with Crippen molar-refractivity contribution in [1.82, 2.24) is 4.90 Å². The van der Waals surface area contributed by atoms with Crippen LogP contribution in [-0.4, -0.2) is 45.3 Å². The summed E-state index contributed by atoms with van der Waals surface area (Å²) in [6, 6.07) is 5.45. The third-order valence-electron chi connectivity index (χ3n) is 8.03. The Balaban J connectivity index is 0.000000523. The van der Waals surface area contributed by atoms with Gasteiger partial charge in [-0.15, -0.1) is 0 Å². The number of aliphatic carboxylic acids is 1. The van der Waals surface area contributed by atoms with E-state index in [4.69, 9.17) is 5.73 Å². The second-order valence-corrected chi connectivity index (χ2v) is 11.5. The summed E-state index contributed by atoms with van der Waals surface area (Å²) in [5, 5.41) is 19.0. The molecule has 2 aliphatic rings. The lowest BCUT2D eigenvalue weighted by atomic mass is 9.75. The molecule has 2 atom stereocenters. The summed E-state index contributed by atoms with van der Waals surface area (Å²) in [4.78, 5) is 14.2. The number of nitrogens with zero attached hydrogens (tertiary/aromatic N) is 1. The van der Waals surface area contributed by atoms with Crippen LogP contribution in [0.15, 0.2) is 18.2 Å². The molecule has 6 heteroatoms. The van der Waals surface area contributed by atoms with E-state index in [-0.39, 0.29) is 17.2 Å². The minimum absolute atomic E-state index is 0.00694. The quantitative estimate of drug-likeness (QED) is 0.430. The summed E-state index contributed by atoms with van der Waals surface area (Å²) >= 11 is 0. The van der Waals surface area contributed by atoms with Gasteiger partial charge >= 0.3 is 5.97 Å². The third kappa shape index (κ3) is 8.26. The van der Waals surface area contributed by atoms with Crippen molar-refractivity contribution in [2.24, 2.45) is 17.1 Å². The number of aliphatic hydroxyl groups is 1. The fourth-order valence-corrected chi connectivity index (χ4v) is 4.62. The van der Waals surface area contributed by atoms with Crippen LogP contribution in [0.2, 0.25) is 0 Å². The maximum absolute atomic E-state index is 13.4. The normalized spacial score (nSPS) is 20.6. The van der Waals surface area contributed by atoms with Crippen molar-refractivity contribution in [3.05, 3.63) is 35.1 Å². The zero-order valence-electron chi connectivity index (χ0n) is 23.5. The Bertz CT molecular complexity index is 780. The number of carboxylic acid groups (broad SMARTS) is 1. The lowest BCUT2D eigenvalue weighted by molar-refractivity contribution is -0.147. The number of nitrogens with two attached hydrogens (primary N) is 1. The van der Waals surface area contributed by atoms with Crippen molar-refractivity contribution in [2.75, 3.05) is 13.1 Å². The number of benzene rings is 1. The number of fused-ring (bicyclic) bond motifs is 1. The van der Waals surface area contributed by atoms with Gasteiger partial charge in [-0.3, -0.25) is 9.69 Å². The van der Waals surface area contributed by atoms with Crippen LogP contribution in [0.4, 0.5) is 4.39 Å². The maximum atomic E-state index is 13.4. The van der Waals surface area contributed by atoms with Gasteiger partial charge in [0, 0.05) is 6.04 Å². The van der Waals surface area contributed by atoms with Crippen LogP contribution in [0.1, 0.15) is 111 Å². The smallest absolute Gasteiger partial charge is 0.323 e. The number of hydrogen-bond acceptors (Lipinski definition) is 4. The molecule has 1 heterocycles. The Morgan fingerprint density at radius 3 is 2.11 bits per heavy atom. The number of halogens is 1. The topological polar surface area (TPSA) is 86.8 Å². The standard InChI is InChI=1S/C20H29FN2O2.C7H16O.C2H6/c1-2-3-10-20(22,19(24)25)15-8-11-23(12-9-15)18-7-4-14-13-16(21)5-6-17(14)18;1-6(2,3)7(4,5)8;1-2/h5-6,13,15,18H,2-4,7-12,22H2,1H3,(H,24,25);8H,1-5H3;1-2H3. The summed E-state index contributed by atoms with van der Waals surface area (Å²) in [6.45, 7) is 17.5. The predicted molar refractivity (Wildman–Crippen MR) is 143 cm³/mol. The largest absolute Gasteiger partial charge is 0.480 e. The number of aryl methyl sites for hydroxylation is 1. The molecule has 202 valence electrons. The first-order valence-corrected chi connectivity index (χ1v) is 13.5. The first-order valence-electron chi connectivity index (χ1n) is 13.5. The number of likely N-dealkylation sites (tertiary alicyclic amines) is 1. The third-order valence-corrected chi connectivity index (χ3v) is 8.03. The van der Waals surface area contributed by atoms with E-state index in [1.165, 1.54) is 5.56 Å². The van der Waals surface area contributed by atoms with Crippen LogP contribution < -0.4 is 5.73 Å². The zero-order chi connectivity index (χ0) is 27.0. The molecule has 1 aliphatic carbocycles. The van der Waals surface area contributed by atoms with Crippen LogP contribution in [0.25, 0.3) is 0 Å². The van der Waals surface area contributed by atoms with E-state index in [9.17, 15) is 19.4 Å². The van der Waals surface area contributed by atoms with Gasteiger partial charge in [0.25, 0.3) is 0 Å². The molecule has 0 bridgehead atoms. The van der Waals surface area contributed by atoms with Crippen molar-refractivity contribution >= 4 is 5.97 Å². The highest BCUT2D eigenvalue weighted by Crippen LogP contribution is 2.40. The van der Waals surface area contributed by atoms with E-state index in [2.05, 4.69) is 11.8 Å². The Hall–Kier alpha value is -1.50. The molecule has 4 N–H and O–H groups in total. The van der Waals surface area contributed by atoms with Crippen molar-refractivity contribution in [1.29, 1.82) is 0 Å². The highest BCUT2D eigenvalue weighted by atomic mass is 19.1. The molecule has 1 fully saturated rings. The molecule has 1 aromatic rings. The van der Waals surface area contributed by atoms with Gasteiger partial charge in [-0.05, 0) is 93.6 Å². The average Bonchev–Trinajstić information content (AvgIpc) is 3.21. The SMILES string of the molecule is CC.CC(C)(C)C(C)(C)O.CCCCC(N)(C(=O)O)C1CCN(C2CCc3cc(F)ccc32)CC1. The summed E-state index contributed by atoms with van der Waals surface area (Å²) in [5.41, 5.74) is 7.02. The molecule has 35 heavy (non-hydrogen) atoms. The molecule has 0 radical (unpaired) electrons. The number of carboxylic acids is 1.